The van der Waals surface area contributed by atoms with E-state index in [0.29, 0.717) is 38.3 Å². The highest BCUT2D eigenvalue weighted by molar-refractivity contribution is 5.76. The Hall–Kier alpha value is -1.83. The Kier molecular flexibility index (Phi) is 9.14. The van der Waals surface area contributed by atoms with Gasteiger partial charge in [0.2, 0.25) is 5.91 Å². The minimum atomic E-state index is -0.319. The number of aromatic hydroxyl groups is 2. The number of aliphatic hydroxyl groups excluding tert-OH is 1. The van der Waals surface area contributed by atoms with Crippen molar-refractivity contribution in [3.8, 4) is 11.5 Å². The van der Waals surface area contributed by atoms with Gasteiger partial charge in [0.05, 0.1) is 13.2 Å². The molecule has 1 atom stereocenters. The van der Waals surface area contributed by atoms with Gasteiger partial charge < -0.3 is 29.7 Å². The van der Waals surface area contributed by atoms with Crippen molar-refractivity contribution in [2.45, 2.75) is 12.8 Å². The van der Waals surface area contributed by atoms with Crippen LogP contribution in [0.4, 0.5) is 0 Å². The van der Waals surface area contributed by atoms with E-state index in [0.717, 1.165) is 0 Å². The van der Waals surface area contributed by atoms with Crippen LogP contribution in [-0.2, 0) is 20.7 Å². The highest BCUT2D eigenvalue weighted by atomic mass is 16.5. The maximum absolute atomic E-state index is 12.5. The summed E-state index contributed by atoms with van der Waals surface area (Å²) in [7, 11) is 3.15. The number of nitrogens with zero attached hydrogens (tertiary/aromatic N) is 1. The highest BCUT2D eigenvalue weighted by Gasteiger charge is 2.20. The SMILES string of the molecule is COCCN(CCOC)C(=O)CC(CO)Cc1ccc(O)cc1O. The van der Waals surface area contributed by atoms with E-state index in [-0.39, 0.29) is 36.4 Å². The molecule has 7 nitrogen and oxygen atoms in total. The molecule has 0 bridgehead atoms. The van der Waals surface area contributed by atoms with Crippen molar-refractivity contribution in [3.05, 3.63) is 23.8 Å². The van der Waals surface area contributed by atoms with Gasteiger partial charge in [0.25, 0.3) is 0 Å². The minimum Gasteiger partial charge on any atom is -0.508 e. The molecule has 0 saturated heterocycles. The zero-order valence-corrected chi connectivity index (χ0v) is 14.3. The lowest BCUT2D eigenvalue weighted by molar-refractivity contribution is -0.133. The Bertz CT molecular complexity index is 500. The van der Waals surface area contributed by atoms with Crippen molar-refractivity contribution in [1.82, 2.24) is 4.90 Å². The lowest BCUT2D eigenvalue weighted by Crippen LogP contribution is -2.38. The van der Waals surface area contributed by atoms with Gasteiger partial charge in [0.1, 0.15) is 11.5 Å². The standard InChI is InChI=1S/C17H27NO6/c1-23-7-5-18(6-8-24-2)17(22)10-13(12-19)9-14-3-4-15(20)11-16(14)21/h3-4,11,13,19-21H,5-10,12H2,1-2H3. The van der Waals surface area contributed by atoms with E-state index >= 15 is 0 Å². The van der Waals surface area contributed by atoms with Gasteiger partial charge in [-0.05, 0) is 24.0 Å². The number of carbonyl (C=O) groups is 1. The molecule has 0 radical (unpaired) electrons. The third-order valence-electron chi connectivity index (χ3n) is 3.78. The van der Waals surface area contributed by atoms with Crippen molar-refractivity contribution in [1.29, 1.82) is 0 Å². The molecule has 0 heterocycles. The molecule has 1 rings (SSSR count). The quantitative estimate of drug-likeness (QED) is 0.549. The van der Waals surface area contributed by atoms with Crippen LogP contribution in [0.1, 0.15) is 12.0 Å². The predicted octanol–water partition coefficient (Wildman–Crippen LogP) is 0.760. The maximum Gasteiger partial charge on any atom is 0.223 e. The lowest BCUT2D eigenvalue weighted by atomic mass is 9.95. The van der Waals surface area contributed by atoms with Crippen LogP contribution in [0.5, 0.6) is 11.5 Å². The van der Waals surface area contributed by atoms with Gasteiger partial charge in [-0.15, -0.1) is 0 Å². The number of phenols is 2. The molecular formula is C17H27NO6. The summed E-state index contributed by atoms with van der Waals surface area (Å²) in [6.45, 7) is 1.60. The Morgan fingerprint density at radius 1 is 1.17 bits per heavy atom. The Morgan fingerprint density at radius 2 is 1.79 bits per heavy atom. The van der Waals surface area contributed by atoms with E-state index < -0.39 is 0 Å². The number of phenolic OH excluding ortho intramolecular Hbond substituents is 2. The Morgan fingerprint density at radius 3 is 2.29 bits per heavy atom. The fourth-order valence-electron chi connectivity index (χ4n) is 2.38. The molecular weight excluding hydrogens is 314 g/mol. The second-order valence-corrected chi connectivity index (χ2v) is 5.64. The Labute approximate surface area is 142 Å². The number of rotatable bonds is 11. The molecule has 136 valence electrons. The first-order valence-corrected chi connectivity index (χ1v) is 7.89. The lowest BCUT2D eigenvalue weighted by Gasteiger charge is -2.24. The third kappa shape index (κ3) is 6.74. The first kappa shape index (κ1) is 20.2. The van der Waals surface area contributed by atoms with E-state index in [1.807, 2.05) is 0 Å². The van der Waals surface area contributed by atoms with Gasteiger partial charge in [-0.1, -0.05) is 6.07 Å². The zero-order chi connectivity index (χ0) is 17.9. The van der Waals surface area contributed by atoms with Crippen molar-refractivity contribution in [2.75, 3.05) is 47.1 Å². The first-order valence-electron chi connectivity index (χ1n) is 7.89. The molecule has 0 aliphatic carbocycles. The van der Waals surface area contributed by atoms with Crippen molar-refractivity contribution < 1.29 is 29.6 Å². The maximum atomic E-state index is 12.5. The number of ether oxygens (including phenoxy) is 2. The van der Waals surface area contributed by atoms with Gasteiger partial charge in [0, 0.05) is 46.4 Å². The van der Waals surface area contributed by atoms with Crippen LogP contribution < -0.4 is 0 Å². The second-order valence-electron chi connectivity index (χ2n) is 5.64. The smallest absolute Gasteiger partial charge is 0.223 e. The molecule has 0 spiro atoms. The monoisotopic (exact) mass is 341 g/mol. The summed E-state index contributed by atoms with van der Waals surface area (Å²) in [6.07, 6.45) is 0.501. The van der Waals surface area contributed by atoms with Crippen LogP contribution in [0.15, 0.2) is 18.2 Å². The van der Waals surface area contributed by atoms with Crippen LogP contribution in [0.25, 0.3) is 0 Å². The van der Waals surface area contributed by atoms with Crippen molar-refractivity contribution in [3.63, 3.8) is 0 Å². The molecule has 24 heavy (non-hydrogen) atoms. The topological polar surface area (TPSA) is 99.5 Å². The van der Waals surface area contributed by atoms with E-state index in [4.69, 9.17) is 9.47 Å². The first-order chi connectivity index (χ1) is 11.5. The largest absolute Gasteiger partial charge is 0.508 e. The van der Waals surface area contributed by atoms with Crippen LogP contribution in [0, 0.1) is 5.92 Å². The van der Waals surface area contributed by atoms with Gasteiger partial charge in [0.15, 0.2) is 0 Å². The number of hydrogen-bond acceptors (Lipinski definition) is 6. The minimum absolute atomic E-state index is 0.0295. The molecule has 7 heteroatoms. The summed E-state index contributed by atoms with van der Waals surface area (Å²) in [6, 6.07) is 4.30. The van der Waals surface area contributed by atoms with Crippen LogP contribution >= 0.6 is 0 Å². The molecule has 0 aliphatic heterocycles. The number of methoxy groups -OCH3 is 2. The number of benzene rings is 1. The molecule has 0 fully saturated rings. The summed E-state index contributed by atoms with van der Waals surface area (Å²) in [4.78, 5) is 14.1. The number of hydrogen-bond donors (Lipinski definition) is 3. The molecule has 1 aromatic carbocycles. The van der Waals surface area contributed by atoms with Gasteiger partial charge in [-0.25, -0.2) is 0 Å². The van der Waals surface area contributed by atoms with E-state index in [1.54, 1.807) is 25.2 Å². The number of amides is 1. The summed E-state index contributed by atoms with van der Waals surface area (Å²) >= 11 is 0. The predicted molar refractivity (Wildman–Crippen MR) is 89.0 cm³/mol. The van der Waals surface area contributed by atoms with E-state index in [1.165, 1.54) is 12.1 Å². The van der Waals surface area contributed by atoms with Crippen LogP contribution in [0.2, 0.25) is 0 Å². The summed E-state index contributed by atoms with van der Waals surface area (Å²) in [5.41, 5.74) is 0.583. The fourth-order valence-corrected chi connectivity index (χ4v) is 2.38. The molecule has 0 aromatic heterocycles. The van der Waals surface area contributed by atoms with Gasteiger partial charge >= 0.3 is 0 Å². The van der Waals surface area contributed by atoms with Crippen LogP contribution in [-0.4, -0.2) is 73.3 Å². The molecule has 1 aromatic rings. The second kappa shape index (κ2) is 10.9. The van der Waals surface area contributed by atoms with Crippen LogP contribution in [0.3, 0.4) is 0 Å². The third-order valence-corrected chi connectivity index (χ3v) is 3.78. The molecule has 3 N–H and O–H groups in total. The molecule has 0 saturated carbocycles. The van der Waals surface area contributed by atoms with E-state index in [9.17, 15) is 20.1 Å². The summed E-state index contributed by atoms with van der Waals surface area (Å²) in [5.74, 6) is -0.489. The molecule has 1 unspecified atom stereocenters. The average molecular weight is 341 g/mol. The average Bonchev–Trinajstić information content (AvgIpc) is 2.56. The van der Waals surface area contributed by atoms with E-state index in [2.05, 4.69) is 0 Å². The fraction of sp³-hybridized carbons (Fsp3) is 0.588. The van der Waals surface area contributed by atoms with Crippen molar-refractivity contribution >= 4 is 5.91 Å². The van der Waals surface area contributed by atoms with Gasteiger partial charge in [-0.3, -0.25) is 4.79 Å². The molecule has 0 aliphatic rings. The number of aliphatic hydroxyl groups is 1. The van der Waals surface area contributed by atoms with Gasteiger partial charge in [-0.2, -0.15) is 0 Å². The number of carbonyl (C=O) groups excluding carboxylic acids is 1. The molecule has 1 amide bonds. The summed E-state index contributed by atoms with van der Waals surface area (Å²) < 4.78 is 10.0. The summed E-state index contributed by atoms with van der Waals surface area (Å²) in [5, 5.41) is 28.7. The van der Waals surface area contributed by atoms with Crippen molar-refractivity contribution in [2.24, 2.45) is 5.92 Å². The Balaban J connectivity index is 2.67. The highest BCUT2D eigenvalue weighted by Crippen LogP contribution is 2.26. The normalized spacial score (nSPS) is 12.1. The zero-order valence-electron chi connectivity index (χ0n) is 14.3.